The number of hydrogen-bond acceptors (Lipinski definition) is 3. The van der Waals surface area contributed by atoms with Crippen molar-refractivity contribution in [2.75, 3.05) is 11.9 Å². The Morgan fingerprint density at radius 2 is 2.04 bits per heavy atom. The molecule has 4 rings (SSSR count). The summed E-state index contributed by atoms with van der Waals surface area (Å²) < 4.78 is 13.9. The van der Waals surface area contributed by atoms with Crippen LogP contribution in [0.1, 0.15) is 44.2 Å². The monoisotopic (exact) mass is 381 g/mol. The van der Waals surface area contributed by atoms with Crippen molar-refractivity contribution in [3.63, 3.8) is 0 Å². The fraction of sp³-hybridized carbons (Fsp3) is 0.435. The Hall–Kier alpha value is -2.40. The van der Waals surface area contributed by atoms with E-state index in [0.717, 1.165) is 40.7 Å². The van der Waals surface area contributed by atoms with Crippen molar-refractivity contribution < 1.29 is 9.50 Å². The van der Waals surface area contributed by atoms with Gasteiger partial charge in [-0.25, -0.2) is 4.39 Å². The summed E-state index contributed by atoms with van der Waals surface area (Å²) in [6.45, 7) is 6.65. The Balaban J connectivity index is 1.54. The van der Waals surface area contributed by atoms with Crippen molar-refractivity contribution in [3.8, 4) is 0 Å². The summed E-state index contributed by atoms with van der Waals surface area (Å²) in [5.74, 6) is 0.925. The number of rotatable bonds is 7. The molecule has 0 radical (unpaired) electrons. The third kappa shape index (κ3) is 3.76. The molecule has 5 heteroatoms. The van der Waals surface area contributed by atoms with Gasteiger partial charge in [0.25, 0.3) is 0 Å². The molecule has 0 amide bonds. The molecular weight excluding hydrogens is 353 g/mol. The van der Waals surface area contributed by atoms with Crippen LogP contribution < -0.4 is 5.32 Å². The molecule has 2 aromatic heterocycles. The Kier molecular flexibility index (Phi) is 4.66. The number of H-pyrrole nitrogens is 1. The number of hydrogen-bond donors (Lipinski definition) is 3. The summed E-state index contributed by atoms with van der Waals surface area (Å²) >= 11 is 0. The van der Waals surface area contributed by atoms with Crippen molar-refractivity contribution in [1.29, 1.82) is 0 Å². The van der Waals surface area contributed by atoms with Gasteiger partial charge in [-0.15, -0.1) is 0 Å². The fourth-order valence-electron chi connectivity index (χ4n) is 4.47. The molecule has 148 valence electrons. The summed E-state index contributed by atoms with van der Waals surface area (Å²) in [7, 11) is 0. The lowest BCUT2D eigenvalue weighted by Crippen LogP contribution is -2.44. The summed E-state index contributed by atoms with van der Waals surface area (Å²) in [5, 5.41) is 16.0. The minimum atomic E-state index is -0.849. The second-order valence-corrected chi connectivity index (χ2v) is 8.90. The molecule has 1 saturated carbocycles. The van der Waals surface area contributed by atoms with E-state index in [0.29, 0.717) is 13.0 Å². The topological polar surface area (TPSA) is 60.9 Å². The molecule has 1 atom stereocenters. The van der Waals surface area contributed by atoms with Crippen LogP contribution in [-0.4, -0.2) is 27.2 Å². The molecule has 4 nitrogen and oxygen atoms in total. The van der Waals surface area contributed by atoms with Crippen LogP contribution in [0.25, 0.3) is 10.9 Å². The average molecular weight is 381 g/mol. The highest BCUT2D eigenvalue weighted by molar-refractivity contribution is 5.82. The summed E-state index contributed by atoms with van der Waals surface area (Å²) in [5.41, 5.74) is 1.80. The Labute approximate surface area is 165 Å². The molecule has 1 aromatic carbocycles. The van der Waals surface area contributed by atoms with Crippen molar-refractivity contribution in [2.45, 2.75) is 51.0 Å². The molecule has 1 fully saturated rings. The van der Waals surface area contributed by atoms with E-state index in [1.807, 2.05) is 25.1 Å². The zero-order valence-corrected chi connectivity index (χ0v) is 16.7. The normalized spacial score (nSPS) is 16.9. The summed E-state index contributed by atoms with van der Waals surface area (Å²) in [6.07, 6.45) is 6.21. The van der Waals surface area contributed by atoms with Gasteiger partial charge in [0.1, 0.15) is 11.6 Å². The van der Waals surface area contributed by atoms with Gasteiger partial charge in [-0.3, -0.25) is 4.98 Å². The lowest BCUT2D eigenvalue weighted by atomic mass is 9.72. The molecule has 2 heterocycles. The van der Waals surface area contributed by atoms with Crippen molar-refractivity contribution >= 4 is 16.7 Å². The van der Waals surface area contributed by atoms with E-state index in [2.05, 4.69) is 29.1 Å². The number of aromatic nitrogens is 2. The average Bonchev–Trinajstić information content (AvgIpc) is 3.42. The number of halogens is 1. The van der Waals surface area contributed by atoms with Crippen molar-refractivity contribution in [3.05, 3.63) is 59.7 Å². The van der Waals surface area contributed by atoms with Crippen LogP contribution >= 0.6 is 0 Å². The molecule has 1 unspecified atom stereocenters. The highest BCUT2D eigenvalue weighted by Gasteiger charge is 2.47. The predicted octanol–water partition coefficient (Wildman–Crippen LogP) is 4.93. The maximum Gasteiger partial charge on any atom is 0.123 e. The predicted molar refractivity (Wildman–Crippen MR) is 111 cm³/mol. The molecular formula is C23H28FN3O. The van der Waals surface area contributed by atoms with Gasteiger partial charge in [-0.1, -0.05) is 19.9 Å². The van der Waals surface area contributed by atoms with E-state index in [4.69, 9.17) is 0 Å². The zero-order chi connectivity index (χ0) is 19.9. The molecule has 1 aliphatic carbocycles. The third-order valence-corrected chi connectivity index (χ3v) is 6.02. The molecule has 1 aliphatic rings. The first-order valence-electron chi connectivity index (χ1n) is 9.92. The minimum Gasteiger partial charge on any atom is -0.388 e. The highest BCUT2D eigenvalue weighted by atomic mass is 19.1. The van der Waals surface area contributed by atoms with Gasteiger partial charge in [-0.2, -0.15) is 0 Å². The maximum atomic E-state index is 13.9. The minimum absolute atomic E-state index is 0.228. The number of aromatic amines is 1. The van der Waals surface area contributed by atoms with Gasteiger partial charge in [0.05, 0.1) is 17.3 Å². The molecule has 28 heavy (non-hydrogen) atoms. The lowest BCUT2D eigenvalue weighted by molar-refractivity contribution is 0.00397. The van der Waals surface area contributed by atoms with Gasteiger partial charge in [0.15, 0.2) is 0 Å². The third-order valence-electron chi connectivity index (χ3n) is 6.02. The molecule has 0 saturated heterocycles. The number of aryl methyl sites for hydroxylation is 1. The van der Waals surface area contributed by atoms with Crippen LogP contribution in [0, 0.1) is 18.7 Å². The van der Waals surface area contributed by atoms with E-state index in [-0.39, 0.29) is 17.2 Å². The molecule has 3 aromatic rings. The van der Waals surface area contributed by atoms with Gasteiger partial charge >= 0.3 is 0 Å². The van der Waals surface area contributed by atoms with E-state index >= 15 is 0 Å². The molecule has 0 spiro atoms. The van der Waals surface area contributed by atoms with E-state index < -0.39 is 5.60 Å². The van der Waals surface area contributed by atoms with Gasteiger partial charge in [0.2, 0.25) is 0 Å². The van der Waals surface area contributed by atoms with Gasteiger partial charge in [0, 0.05) is 18.1 Å². The summed E-state index contributed by atoms with van der Waals surface area (Å²) in [6, 6.07) is 8.92. The molecule has 3 N–H and O–H groups in total. The van der Waals surface area contributed by atoms with Crippen LogP contribution in [0.2, 0.25) is 0 Å². The SMILES string of the molecule is Cc1ccc(F)cc1C(C)(C)CC(O)(CNc1cc2ccncc2[nH]1)C1CC1. The van der Waals surface area contributed by atoms with E-state index in [1.165, 1.54) is 6.07 Å². The summed E-state index contributed by atoms with van der Waals surface area (Å²) in [4.78, 5) is 7.44. The van der Waals surface area contributed by atoms with E-state index in [1.54, 1.807) is 18.5 Å². The standard InChI is InChI=1S/C23H28FN3O/c1-15-4-7-18(24)11-19(15)22(2,3)13-23(28,17-5-6-17)14-26-21-10-16-8-9-25-12-20(16)27-21/h4,7-12,17,26-28H,5-6,13-14H2,1-3H3. The van der Waals surface area contributed by atoms with Gasteiger partial charge in [-0.05, 0) is 72.9 Å². The highest BCUT2D eigenvalue weighted by Crippen LogP contribution is 2.46. The number of aliphatic hydroxyl groups is 1. The largest absolute Gasteiger partial charge is 0.388 e. The fourth-order valence-corrected chi connectivity index (χ4v) is 4.47. The first kappa shape index (κ1) is 18.9. The van der Waals surface area contributed by atoms with Crippen LogP contribution in [0.15, 0.2) is 42.7 Å². The van der Waals surface area contributed by atoms with Crippen LogP contribution in [0.5, 0.6) is 0 Å². The van der Waals surface area contributed by atoms with E-state index in [9.17, 15) is 9.50 Å². The Morgan fingerprint density at radius 3 is 2.75 bits per heavy atom. The number of anilines is 1. The Morgan fingerprint density at radius 1 is 1.25 bits per heavy atom. The molecule has 0 aliphatic heterocycles. The lowest BCUT2D eigenvalue weighted by Gasteiger charge is -2.38. The second kappa shape index (κ2) is 6.89. The van der Waals surface area contributed by atoms with Gasteiger partial charge < -0.3 is 15.4 Å². The zero-order valence-electron chi connectivity index (χ0n) is 16.7. The first-order chi connectivity index (χ1) is 13.3. The number of benzene rings is 1. The number of nitrogens with zero attached hydrogens (tertiary/aromatic N) is 1. The van der Waals surface area contributed by atoms with Crippen LogP contribution in [0.4, 0.5) is 10.2 Å². The quantitative estimate of drug-likeness (QED) is 0.544. The maximum absolute atomic E-state index is 13.9. The van der Waals surface area contributed by atoms with Crippen molar-refractivity contribution in [2.24, 2.45) is 5.92 Å². The number of fused-ring (bicyclic) bond motifs is 1. The smallest absolute Gasteiger partial charge is 0.123 e. The van der Waals surface area contributed by atoms with Crippen LogP contribution in [0.3, 0.4) is 0 Å². The first-order valence-corrected chi connectivity index (χ1v) is 9.92. The number of pyridine rings is 1. The molecule has 0 bridgehead atoms. The second-order valence-electron chi connectivity index (χ2n) is 8.90. The van der Waals surface area contributed by atoms with Crippen molar-refractivity contribution in [1.82, 2.24) is 9.97 Å². The van der Waals surface area contributed by atoms with Crippen LogP contribution in [-0.2, 0) is 5.41 Å². The Bertz CT molecular complexity index is 959. The number of nitrogens with one attached hydrogen (secondary N) is 2.